The number of halogens is 1. The lowest BCUT2D eigenvalue weighted by Crippen LogP contribution is -2.34. The van der Waals surface area contributed by atoms with Crippen LogP contribution in [0.25, 0.3) is 6.08 Å². The molecular weight excluding hydrogens is 370 g/mol. The zero-order chi connectivity index (χ0) is 19.2. The summed E-state index contributed by atoms with van der Waals surface area (Å²) in [6.07, 6.45) is 10.7. The molecule has 1 atom stereocenters. The highest BCUT2D eigenvalue weighted by atomic mass is 35.5. The second-order valence-electron chi connectivity index (χ2n) is 6.78. The normalized spacial score (nSPS) is 17.0. The van der Waals surface area contributed by atoms with Gasteiger partial charge in [0.05, 0.1) is 12.3 Å². The Kier molecular flexibility index (Phi) is 5.88. The molecule has 4 nitrogen and oxygen atoms in total. The van der Waals surface area contributed by atoms with Crippen molar-refractivity contribution in [3.8, 4) is 5.75 Å². The molecule has 1 unspecified atom stereocenters. The van der Waals surface area contributed by atoms with Crippen LogP contribution in [0.4, 0.5) is 5.82 Å². The summed E-state index contributed by atoms with van der Waals surface area (Å²) in [5.41, 5.74) is 2.28. The predicted octanol–water partition coefficient (Wildman–Crippen LogP) is 5.91. The van der Waals surface area contributed by atoms with E-state index in [0.717, 1.165) is 30.8 Å². The van der Waals surface area contributed by atoms with E-state index in [4.69, 9.17) is 16.3 Å². The number of hydrogen-bond donors (Lipinski definition) is 0. The number of pyridine rings is 2. The highest BCUT2D eigenvalue weighted by Crippen LogP contribution is 2.35. The number of hydrogen-bond acceptors (Lipinski definition) is 4. The van der Waals surface area contributed by atoms with Gasteiger partial charge in [-0.3, -0.25) is 4.98 Å². The molecule has 1 aromatic carbocycles. The average molecular weight is 392 g/mol. The van der Waals surface area contributed by atoms with Gasteiger partial charge >= 0.3 is 0 Å². The number of nitrogens with zero attached hydrogens (tertiary/aromatic N) is 3. The van der Waals surface area contributed by atoms with Crippen LogP contribution in [-0.2, 0) is 0 Å². The lowest BCUT2D eigenvalue weighted by Gasteiger charge is -2.37. The van der Waals surface area contributed by atoms with Crippen LogP contribution >= 0.6 is 11.6 Å². The monoisotopic (exact) mass is 391 g/mol. The van der Waals surface area contributed by atoms with Crippen LogP contribution in [0.2, 0.25) is 5.15 Å². The molecule has 1 aliphatic heterocycles. The Balaban J connectivity index is 1.51. The summed E-state index contributed by atoms with van der Waals surface area (Å²) in [4.78, 5) is 11.2. The molecule has 0 N–H and O–H groups in total. The van der Waals surface area contributed by atoms with Crippen molar-refractivity contribution in [2.24, 2.45) is 0 Å². The van der Waals surface area contributed by atoms with E-state index in [1.54, 1.807) is 12.5 Å². The summed E-state index contributed by atoms with van der Waals surface area (Å²) >= 11 is 6.42. The second kappa shape index (κ2) is 8.89. The van der Waals surface area contributed by atoms with Crippen molar-refractivity contribution in [3.05, 3.63) is 89.5 Å². The number of ether oxygens (including phenoxy) is 1. The molecule has 3 heterocycles. The largest absolute Gasteiger partial charge is 0.462 e. The molecular formula is C23H22ClN3O. The number of anilines is 1. The van der Waals surface area contributed by atoms with E-state index in [1.165, 1.54) is 12.0 Å². The number of rotatable bonds is 5. The molecule has 2 aromatic heterocycles. The first-order valence-electron chi connectivity index (χ1n) is 9.52. The van der Waals surface area contributed by atoms with E-state index < -0.39 is 0 Å². The van der Waals surface area contributed by atoms with Gasteiger partial charge < -0.3 is 9.64 Å². The zero-order valence-electron chi connectivity index (χ0n) is 15.5. The molecule has 0 saturated carbocycles. The summed E-state index contributed by atoms with van der Waals surface area (Å²) in [6, 6.07) is 18.2. The highest BCUT2D eigenvalue weighted by molar-refractivity contribution is 6.31. The lowest BCUT2D eigenvalue weighted by molar-refractivity contribution is 0.465. The fraction of sp³-hybridized carbons (Fsp3) is 0.217. The van der Waals surface area contributed by atoms with Crippen molar-refractivity contribution in [1.82, 2.24) is 9.97 Å². The van der Waals surface area contributed by atoms with E-state index >= 15 is 0 Å². The molecule has 1 saturated heterocycles. The third kappa shape index (κ3) is 4.34. The van der Waals surface area contributed by atoms with Crippen molar-refractivity contribution >= 4 is 23.5 Å². The van der Waals surface area contributed by atoms with Crippen LogP contribution in [0, 0.1) is 0 Å². The molecule has 142 valence electrons. The van der Waals surface area contributed by atoms with E-state index in [-0.39, 0.29) is 6.04 Å². The summed E-state index contributed by atoms with van der Waals surface area (Å²) in [5.74, 6) is 1.42. The smallest absolute Gasteiger partial charge is 0.173 e. The Labute approximate surface area is 170 Å². The molecule has 5 heteroatoms. The maximum atomic E-state index is 6.42. The van der Waals surface area contributed by atoms with Gasteiger partial charge in [-0.05, 0) is 54.7 Å². The quantitative estimate of drug-likeness (QED) is 0.400. The molecule has 1 aliphatic rings. The first-order chi connectivity index (χ1) is 13.8. The van der Waals surface area contributed by atoms with Gasteiger partial charge in [0.2, 0.25) is 0 Å². The molecule has 1 fully saturated rings. The molecule has 0 radical (unpaired) electrons. The predicted molar refractivity (Wildman–Crippen MR) is 114 cm³/mol. The Morgan fingerprint density at radius 3 is 2.71 bits per heavy atom. The van der Waals surface area contributed by atoms with Crippen LogP contribution in [-0.4, -0.2) is 16.5 Å². The Morgan fingerprint density at radius 2 is 1.93 bits per heavy atom. The first kappa shape index (κ1) is 18.5. The molecule has 0 aliphatic carbocycles. The fourth-order valence-electron chi connectivity index (χ4n) is 3.54. The topological polar surface area (TPSA) is 38.2 Å². The minimum absolute atomic E-state index is 0.274. The van der Waals surface area contributed by atoms with Gasteiger partial charge in [0.25, 0.3) is 0 Å². The lowest BCUT2D eigenvalue weighted by atomic mass is 9.96. The van der Waals surface area contributed by atoms with E-state index in [2.05, 4.69) is 20.9 Å². The average Bonchev–Trinajstić information content (AvgIpc) is 2.76. The number of piperidine rings is 1. The van der Waals surface area contributed by atoms with Crippen molar-refractivity contribution in [1.29, 1.82) is 0 Å². The van der Waals surface area contributed by atoms with Gasteiger partial charge in [-0.25, -0.2) is 4.98 Å². The number of aromatic nitrogens is 2. The van der Waals surface area contributed by atoms with Crippen molar-refractivity contribution in [3.63, 3.8) is 0 Å². The van der Waals surface area contributed by atoms with Crippen molar-refractivity contribution in [2.75, 3.05) is 11.4 Å². The molecule has 28 heavy (non-hydrogen) atoms. The minimum atomic E-state index is 0.274. The first-order valence-corrected chi connectivity index (χ1v) is 9.90. The van der Waals surface area contributed by atoms with E-state index in [1.807, 2.05) is 60.8 Å². The summed E-state index contributed by atoms with van der Waals surface area (Å²) in [5, 5.41) is 0.366. The summed E-state index contributed by atoms with van der Waals surface area (Å²) in [7, 11) is 0. The third-order valence-corrected chi connectivity index (χ3v) is 5.19. The fourth-order valence-corrected chi connectivity index (χ4v) is 3.73. The van der Waals surface area contributed by atoms with Gasteiger partial charge in [-0.15, -0.1) is 0 Å². The summed E-state index contributed by atoms with van der Waals surface area (Å²) < 4.78 is 5.69. The van der Waals surface area contributed by atoms with Gasteiger partial charge in [-0.2, -0.15) is 0 Å². The molecule has 0 spiro atoms. The van der Waals surface area contributed by atoms with Crippen molar-refractivity contribution in [2.45, 2.75) is 25.3 Å². The van der Waals surface area contributed by atoms with Crippen LogP contribution in [0.1, 0.15) is 36.4 Å². The minimum Gasteiger partial charge on any atom is -0.462 e. The molecule has 0 amide bonds. The van der Waals surface area contributed by atoms with E-state index in [9.17, 15) is 0 Å². The molecule has 4 rings (SSSR count). The maximum Gasteiger partial charge on any atom is 0.173 e. The Hall–Kier alpha value is -2.85. The number of benzene rings is 1. The van der Waals surface area contributed by atoms with Gasteiger partial charge in [-0.1, -0.05) is 48.0 Å². The van der Waals surface area contributed by atoms with Crippen LogP contribution < -0.4 is 9.64 Å². The van der Waals surface area contributed by atoms with Crippen molar-refractivity contribution < 1.29 is 4.74 Å². The second-order valence-corrected chi connectivity index (χ2v) is 7.14. The third-order valence-electron chi connectivity index (χ3n) is 4.92. The Bertz CT molecular complexity index is 931. The van der Waals surface area contributed by atoms with Gasteiger partial charge in [0.15, 0.2) is 10.9 Å². The standard InChI is InChI=1S/C23H22ClN3O/c24-23-21(28-16-13-18-7-2-1-3-8-18)11-12-22(26-23)27-15-5-4-10-20(27)19-9-6-14-25-17-19/h1-3,6-9,11-14,16-17,20H,4-5,10,15H2. The summed E-state index contributed by atoms with van der Waals surface area (Å²) in [6.45, 7) is 0.955. The van der Waals surface area contributed by atoms with Crippen LogP contribution in [0.5, 0.6) is 5.75 Å². The zero-order valence-corrected chi connectivity index (χ0v) is 16.3. The van der Waals surface area contributed by atoms with Crippen LogP contribution in [0.15, 0.2) is 73.3 Å². The van der Waals surface area contributed by atoms with Gasteiger partial charge in [0.1, 0.15) is 5.82 Å². The van der Waals surface area contributed by atoms with Gasteiger partial charge in [0, 0.05) is 18.9 Å². The molecule has 3 aromatic rings. The highest BCUT2D eigenvalue weighted by Gasteiger charge is 2.25. The van der Waals surface area contributed by atoms with E-state index in [0.29, 0.717) is 10.9 Å². The maximum absolute atomic E-state index is 6.42. The SMILES string of the molecule is Clc1nc(N2CCCCC2c2cccnc2)ccc1OC=Cc1ccccc1. The van der Waals surface area contributed by atoms with Crippen LogP contribution in [0.3, 0.4) is 0 Å². The molecule has 0 bridgehead atoms. The Morgan fingerprint density at radius 1 is 1.04 bits per heavy atom.